The highest BCUT2D eigenvalue weighted by molar-refractivity contribution is 5.91. The zero-order valence-corrected chi connectivity index (χ0v) is 9.71. The molecule has 0 radical (unpaired) electrons. The van der Waals surface area contributed by atoms with Crippen molar-refractivity contribution in [2.24, 2.45) is 5.16 Å². The van der Waals surface area contributed by atoms with Gasteiger partial charge >= 0.3 is 5.97 Å². The highest BCUT2D eigenvalue weighted by atomic mass is 16.5. The monoisotopic (exact) mass is 238 g/mol. The number of carbonyl (C=O) groups excluding carboxylic acids is 1. The van der Waals surface area contributed by atoms with Gasteiger partial charge in [-0.15, -0.1) is 5.16 Å². The molecule has 17 heavy (non-hydrogen) atoms. The van der Waals surface area contributed by atoms with Crippen LogP contribution in [0, 0.1) is 0 Å². The van der Waals surface area contributed by atoms with Crippen LogP contribution in [0.1, 0.15) is 22.8 Å². The summed E-state index contributed by atoms with van der Waals surface area (Å²) < 4.78 is 9.85. The van der Waals surface area contributed by atoms with Crippen molar-refractivity contribution in [2.45, 2.75) is 13.3 Å². The molecule has 1 rings (SSSR count). The van der Waals surface area contributed by atoms with Crippen molar-refractivity contribution in [3.8, 4) is 5.88 Å². The van der Waals surface area contributed by atoms with Gasteiger partial charge in [0.05, 0.1) is 19.3 Å². The lowest BCUT2D eigenvalue weighted by molar-refractivity contribution is 0.0599. The summed E-state index contributed by atoms with van der Waals surface area (Å²) in [5.41, 5.74) is 0.962. The van der Waals surface area contributed by atoms with Crippen molar-refractivity contribution < 1.29 is 19.5 Å². The van der Waals surface area contributed by atoms with Gasteiger partial charge in [0.25, 0.3) is 0 Å². The summed E-state index contributed by atoms with van der Waals surface area (Å²) in [5.74, 6) is -0.0663. The fraction of sp³-hybridized carbons (Fsp3) is 0.364. The molecule has 1 aromatic heterocycles. The van der Waals surface area contributed by atoms with E-state index >= 15 is 0 Å². The molecule has 0 atom stereocenters. The van der Waals surface area contributed by atoms with Gasteiger partial charge in [-0.2, -0.15) is 0 Å². The van der Waals surface area contributed by atoms with E-state index in [0.717, 1.165) is 0 Å². The fourth-order valence-corrected chi connectivity index (χ4v) is 1.30. The minimum Gasteiger partial charge on any atom is -0.478 e. The van der Waals surface area contributed by atoms with Gasteiger partial charge in [0, 0.05) is 24.9 Å². The van der Waals surface area contributed by atoms with Gasteiger partial charge in [0.15, 0.2) is 0 Å². The van der Waals surface area contributed by atoms with E-state index in [9.17, 15) is 4.79 Å². The summed E-state index contributed by atoms with van der Waals surface area (Å²) in [5, 5.41) is 11.3. The van der Waals surface area contributed by atoms with Crippen molar-refractivity contribution in [3.63, 3.8) is 0 Å². The molecular formula is C11H14N2O4. The van der Waals surface area contributed by atoms with Crippen molar-refractivity contribution in [1.29, 1.82) is 0 Å². The zero-order valence-electron chi connectivity index (χ0n) is 9.71. The van der Waals surface area contributed by atoms with E-state index < -0.39 is 5.97 Å². The van der Waals surface area contributed by atoms with Gasteiger partial charge in [-0.3, -0.25) is 0 Å². The van der Waals surface area contributed by atoms with E-state index in [-0.39, 0.29) is 0 Å². The van der Waals surface area contributed by atoms with Crippen LogP contribution in [0.5, 0.6) is 5.88 Å². The standard InChI is InChI=1S/C11H14N2O4/c1-3-17-10-6-8(4-5-13-15)9(7-12-10)11(14)16-2/h5-7,15H,3-4H2,1-2H3/b13-5-. The molecule has 0 aliphatic rings. The van der Waals surface area contributed by atoms with Crippen LogP contribution in [0.15, 0.2) is 17.4 Å². The second-order valence-electron chi connectivity index (χ2n) is 3.11. The maximum atomic E-state index is 11.5. The Morgan fingerprint density at radius 3 is 3.00 bits per heavy atom. The lowest BCUT2D eigenvalue weighted by atomic mass is 10.1. The molecule has 0 saturated carbocycles. The fourth-order valence-electron chi connectivity index (χ4n) is 1.30. The highest BCUT2D eigenvalue weighted by Gasteiger charge is 2.13. The van der Waals surface area contributed by atoms with Crippen molar-refractivity contribution in [1.82, 2.24) is 4.98 Å². The molecule has 0 aliphatic heterocycles. The van der Waals surface area contributed by atoms with Crippen LogP contribution in [0.25, 0.3) is 0 Å². The van der Waals surface area contributed by atoms with E-state index in [1.807, 2.05) is 6.92 Å². The van der Waals surface area contributed by atoms with Gasteiger partial charge in [0.2, 0.25) is 5.88 Å². The van der Waals surface area contributed by atoms with E-state index in [2.05, 4.69) is 14.9 Å². The van der Waals surface area contributed by atoms with Gasteiger partial charge in [-0.05, 0) is 12.5 Å². The first-order valence-electron chi connectivity index (χ1n) is 5.08. The summed E-state index contributed by atoms with van der Waals surface area (Å²) in [6, 6.07) is 1.62. The Bertz CT molecular complexity index is 418. The summed E-state index contributed by atoms with van der Waals surface area (Å²) >= 11 is 0. The summed E-state index contributed by atoms with van der Waals surface area (Å²) in [4.78, 5) is 15.4. The first-order chi connectivity index (χ1) is 8.22. The van der Waals surface area contributed by atoms with Crippen molar-refractivity contribution in [2.75, 3.05) is 13.7 Å². The van der Waals surface area contributed by atoms with Gasteiger partial charge in [-0.1, -0.05) is 0 Å². The lowest BCUT2D eigenvalue weighted by Gasteiger charge is -2.08. The lowest BCUT2D eigenvalue weighted by Crippen LogP contribution is -2.08. The molecule has 0 aliphatic carbocycles. The zero-order chi connectivity index (χ0) is 12.7. The third kappa shape index (κ3) is 3.44. The Kier molecular flexibility index (Phi) is 4.93. The number of pyridine rings is 1. The molecule has 6 nitrogen and oxygen atoms in total. The van der Waals surface area contributed by atoms with Crippen LogP contribution in [-0.4, -0.2) is 36.1 Å². The largest absolute Gasteiger partial charge is 0.478 e. The molecular weight excluding hydrogens is 224 g/mol. The molecule has 1 aromatic rings. The number of methoxy groups -OCH3 is 1. The van der Waals surface area contributed by atoms with E-state index in [1.54, 1.807) is 6.07 Å². The predicted octanol–water partition coefficient (Wildman–Crippen LogP) is 1.27. The van der Waals surface area contributed by atoms with E-state index in [4.69, 9.17) is 9.94 Å². The highest BCUT2D eigenvalue weighted by Crippen LogP contribution is 2.16. The molecule has 92 valence electrons. The van der Waals surface area contributed by atoms with Crippen LogP contribution >= 0.6 is 0 Å². The average molecular weight is 238 g/mol. The maximum Gasteiger partial charge on any atom is 0.339 e. The Labute approximate surface area is 98.9 Å². The molecule has 0 spiro atoms. The van der Waals surface area contributed by atoms with Crippen LogP contribution in [-0.2, 0) is 11.2 Å². The minimum atomic E-state index is -0.484. The molecule has 1 heterocycles. The summed E-state index contributed by atoms with van der Waals surface area (Å²) in [7, 11) is 1.29. The maximum absolute atomic E-state index is 11.5. The van der Waals surface area contributed by atoms with Gasteiger partial charge < -0.3 is 14.7 Å². The van der Waals surface area contributed by atoms with Crippen LogP contribution in [0.2, 0.25) is 0 Å². The average Bonchev–Trinajstić information content (AvgIpc) is 2.36. The SMILES string of the molecule is CCOc1cc(C/C=N\O)c(C(=O)OC)cn1. The quantitative estimate of drug-likeness (QED) is 0.361. The molecule has 0 unspecified atom stereocenters. The normalized spacial score (nSPS) is 10.5. The third-order valence-electron chi connectivity index (χ3n) is 2.05. The van der Waals surface area contributed by atoms with Crippen LogP contribution < -0.4 is 4.74 Å². The summed E-state index contributed by atoms with van der Waals surface area (Å²) in [6.45, 7) is 2.32. The summed E-state index contributed by atoms with van der Waals surface area (Å²) in [6.07, 6.45) is 2.96. The van der Waals surface area contributed by atoms with Gasteiger partial charge in [-0.25, -0.2) is 9.78 Å². The number of hydrogen-bond donors (Lipinski definition) is 1. The third-order valence-corrected chi connectivity index (χ3v) is 2.05. The number of nitrogens with zero attached hydrogens (tertiary/aromatic N) is 2. The minimum absolute atomic E-state index is 0.295. The Balaban J connectivity index is 3.06. The second-order valence-corrected chi connectivity index (χ2v) is 3.11. The molecule has 0 fully saturated rings. The number of rotatable bonds is 5. The Morgan fingerprint density at radius 2 is 2.41 bits per heavy atom. The van der Waals surface area contributed by atoms with Crippen molar-refractivity contribution >= 4 is 12.2 Å². The number of ether oxygens (including phenoxy) is 2. The smallest absolute Gasteiger partial charge is 0.339 e. The topological polar surface area (TPSA) is 81.0 Å². The second kappa shape index (κ2) is 6.47. The molecule has 0 amide bonds. The number of carbonyl (C=O) groups is 1. The van der Waals surface area contributed by atoms with Crippen LogP contribution in [0.4, 0.5) is 0 Å². The molecule has 0 saturated heterocycles. The first kappa shape index (κ1) is 13.0. The molecule has 0 bridgehead atoms. The Hall–Kier alpha value is -2.11. The number of esters is 1. The Morgan fingerprint density at radius 1 is 1.65 bits per heavy atom. The van der Waals surface area contributed by atoms with Gasteiger partial charge in [0.1, 0.15) is 0 Å². The van der Waals surface area contributed by atoms with Crippen molar-refractivity contribution in [3.05, 3.63) is 23.4 Å². The molecule has 0 aromatic carbocycles. The predicted molar refractivity (Wildman–Crippen MR) is 60.7 cm³/mol. The number of aromatic nitrogens is 1. The first-order valence-corrected chi connectivity index (χ1v) is 5.08. The van der Waals surface area contributed by atoms with E-state index in [1.165, 1.54) is 19.5 Å². The molecule has 1 N–H and O–H groups in total. The number of hydrogen-bond acceptors (Lipinski definition) is 6. The number of oxime groups is 1. The van der Waals surface area contributed by atoms with E-state index in [0.29, 0.717) is 30.0 Å². The molecule has 6 heteroatoms. The van der Waals surface area contributed by atoms with Crippen LogP contribution in [0.3, 0.4) is 0 Å².